The van der Waals surface area contributed by atoms with Gasteiger partial charge >= 0.3 is 5.97 Å². The van der Waals surface area contributed by atoms with Crippen LogP contribution in [-0.4, -0.2) is 34.5 Å². The molecule has 4 nitrogen and oxygen atoms in total. The molecular weight excluding hydrogens is 242 g/mol. The van der Waals surface area contributed by atoms with Gasteiger partial charge in [0.15, 0.2) is 0 Å². The Kier molecular flexibility index (Phi) is 3.50. The van der Waals surface area contributed by atoms with Crippen LogP contribution >= 0.6 is 0 Å². The van der Waals surface area contributed by atoms with Gasteiger partial charge in [-0.15, -0.1) is 0 Å². The molecule has 1 N–H and O–H groups in total. The van der Waals surface area contributed by atoms with Crippen molar-refractivity contribution in [3.05, 3.63) is 0 Å². The van der Waals surface area contributed by atoms with E-state index < -0.39 is 5.97 Å². The van der Waals surface area contributed by atoms with E-state index in [1.165, 1.54) is 19.3 Å². The summed E-state index contributed by atoms with van der Waals surface area (Å²) in [7, 11) is 0. The second-order valence-corrected chi connectivity index (χ2v) is 6.48. The first-order valence-electron chi connectivity index (χ1n) is 7.70. The third-order valence-electron chi connectivity index (χ3n) is 5.41. The lowest BCUT2D eigenvalue weighted by atomic mass is 9.78. The van der Waals surface area contributed by atoms with Crippen molar-refractivity contribution in [2.45, 2.75) is 57.4 Å². The fourth-order valence-electron chi connectivity index (χ4n) is 4.05. The van der Waals surface area contributed by atoms with Gasteiger partial charge in [-0.2, -0.15) is 0 Å². The van der Waals surface area contributed by atoms with Crippen LogP contribution in [-0.2, 0) is 9.59 Å². The highest BCUT2D eigenvalue weighted by Crippen LogP contribution is 2.40. The predicted octanol–water partition coefficient (Wildman–Crippen LogP) is 2.28. The molecule has 0 aromatic heterocycles. The van der Waals surface area contributed by atoms with E-state index in [1.807, 2.05) is 0 Å². The third kappa shape index (κ3) is 2.37. The largest absolute Gasteiger partial charge is 0.481 e. The zero-order valence-electron chi connectivity index (χ0n) is 11.4. The second-order valence-electron chi connectivity index (χ2n) is 6.48. The molecule has 3 rings (SSSR count). The molecule has 0 spiro atoms. The summed E-state index contributed by atoms with van der Waals surface area (Å²) in [4.78, 5) is 25.7. The van der Waals surface area contributed by atoms with Crippen LogP contribution in [0.25, 0.3) is 0 Å². The number of carbonyl (C=O) groups excluding carboxylic acids is 1. The van der Waals surface area contributed by atoms with Crippen molar-refractivity contribution < 1.29 is 14.7 Å². The lowest BCUT2D eigenvalue weighted by Gasteiger charge is -2.38. The van der Waals surface area contributed by atoms with E-state index in [4.69, 9.17) is 5.11 Å². The Balaban J connectivity index is 1.62. The Labute approximate surface area is 114 Å². The van der Waals surface area contributed by atoms with Gasteiger partial charge in [0.25, 0.3) is 0 Å². The first-order valence-corrected chi connectivity index (χ1v) is 7.70. The average molecular weight is 265 g/mol. The number of rotatable bonds is 3. The summed E-state index contributed by atoms with van der Waals surface area (Å²) >= 11 is 0. The van der Waals surface area contributed by atoms with Crippen molar-refractivity contribution >= 4 is 11.9 Å². The van der Waals surface area contributed by atoms with Gasteiger partial charge < -0.3 is 10.0 Å². The molecule has 0 bridgehead atoms. The Hall–Kier alpha value is -1.06. The van der Waals surface area contributed by atoms with Crippen LogP contribution in [0.5, 0.6) is 0 Å². The number of hydrogen-bond donors (Lipinski definition) is 1. The third-order valence-corrected chi connectivity index (χ3v) is 5.41. The topological polar surface area (TPSA) is 57.6 Å². The molecule has 0 aromatic rings. The molecule has 2 aliphatic carbocycles. The first-order chi connectivity index (χ1) is 9.16. The van der Waals surface area contributed by atoms with E-state index in [0.29, 0.717) is 18.9 Å². The fourth-order valence-corrected chi connectivity index (χ4v) is 4.05. The van der Waals surface area contributed by atoms with E-state index in [0.717, 1.165) is 31.7 Å². The molecule has 3 atom stereocenters. The number of likely N-dealkylation sites (tertiary alicyclic amines) is 1. The highest BCUT2D eigenvalue weighted by molar-refractivity contribution is 5.81. The molecule has 1 saturated heterocycles. The van der Waals surface area contributed by atoms with Gasteiger partial charge in [-0.3, -0.25) is 9.59 Å². The molecule has 0 radical (unpaired) electrons. The van der Waals surface area contributed by atoms with Gasteiger partial charge in [-0.05, 0) is 50.9 Å². The van der Waals surface area contributed by atoms with E-state index in [1.54, 1.807) is 0 Å². The van der Waals surface area contributed by atoms with Gasteiger partial charge in [0.05, 0.1) is 5.92 Å². The Morgan fingerprint density at radius 2 is 1.68 bits per heavy atom. The average Bonchev–Trinajstić information content (AvgIpc) is 2.94. The Bertz CT molecular complexity index is 378. The summed E-state index contributed by atoms with van der Waals surface area (Å²) in [6, 6.07) is 0.463. The van der Waals surface area contributed by atoms with Crippen molar-refractivity contribution in [2.24, 2.45) is 17.8 Å². The molecule has 3 fully saturated rings. The Morgan fingerprint density at radius 1 is 0.947 bits per heavy atom. The molecule has 1 amide bonds. The van der Waals surface area contributed by atoms with Crippen molar-refractivity contribution in [2.75, 3.05) is 6.54 Å². The maximum absolute atomic E-state index is 12.6. The van der Waals surface area contributed by atoms with Crippen LogP contribution in [0.15, 0.2) is 0 Å². The number of amides is 1. The van der Waals surface area contributed by atoms with Crippen LogP contribution in [0, 0.1) is 17.8 Å². The zero-order chi connectivity index (χ0) is 13.4. The number of aliphatic carboxylic acids is 1. The highest BCUT2D eigenvalue weighted by atomic mass is 16.4. The number of carbonyl (C=O) groups is 2. The number of hydrogen-bond acceptors (Lipinski definition) is 2. The van der Waals surface area contributed by atoms with Gasteiger partial charge in [-0.25, -0.2) is 0 Å². The minimum atomic E-state index is -0.729. The van der Waals surface area contributed by atoms with Crippen LogP contribution in [0.2, 0.25) is 0 Å². The summed E-state index contributed by atoms with van der Waals surface area (Å²) in [5.74, 6) is -0.0750. The molecule has 4 heteroatoms. The maximum Gasteiger partial charge on any atom is 0.306 e. The normalized spacial score (nSPS) is 35.4. The lowest BCUT2D eigenvalue weighted by molar-refractivity contribution is -0.142. The summed E-state index contributed by atoms with van der Waals surface area (Å²) < 4.78 is 0. The number of carboxylic acids is 1. The molecule has 3 aliphatic rings. The smallest absolute Gasteiger partial charge is 0.306 e. The Morgan fingerprint density at radius 3 is 2.26 bits per heavy atom. The zero-order valence-corrected chi connectivity index (χ0v) is 11.4. The van der Waals surface area contributed by atoms with Crippen LogP contribution in [0.3, 0.4) is 0 Å². The number of nitrogens with zero attached hydrogens (tertiary/aromatic N) is 1. The quantitative estimate of drug-likeness (QED) is 0.851. The summed E-state index contributed by atoms with van der Waals surface area (Å²) in [6.45, 7) is 0.897. The minimum Gasteiger partial charge on any atom is -0.481 e. The molecule has 2 saturated carbocycles. The van der Waals surface area contributed by atoms with Crippen LogP contribution in [0.1, 0.15) is 51.4 Å². The molecule has 19 heavy (non-hydrogen) atoms. The van der Waals surface area contributed by atoms with Gasteiger partial charge in [0.1, 0.15) is 0 Å². The van der Waals surface area contributed by atoms with Crippen molar-refractivity contribution in [1.82, 2.24) is 4.90 Å². The fraction of sp³-hybridized carbons (Fsp3) is 0.867. The molecule has 1 heterocycles. The summed E-state index contributed by atoms with van der Waals surface area (Å²) in [6.07, 6.45) is 8.15. The molecule has 1 aliphatic heterocycles. The maximum atomic E-state index is 12.6. The highest BCUT2D eigenvalue weighted by Gasteiger charge is 2.42. The molecule has 106 valence electrons. The SMILES string of the molecule is O=C(O)[C@@H]1CC[C@H](C(=O)N2CCCC2C2CCC2)C1. The second kappa shape index (κ2) is 5.14. The van der Waals surface area contributed by atoms with Gasteiger partial charge in [0.2, 0.25) is 5.91 Å². The number of carboxylic acid groups (broad SMARTS) is 1. The monoisotopic (exact) mass is 265 g/mol. The van der Waals surface area contributed by atoms with Crippen LogP contribution in [0.4, 0.5) is 0 Å². The first kappa shape index (κ1) is 12.9. The summed E-state index contributed by atoms with van der Waals surface area (Å²) in [5.41, 5.74) is 0. The standard InChI is InChI=1S/C15H23NO3/c17-14(11-6-7-12(9-11)15(18)19)16-8-2-5-13(16)10-3-1-4-10/h10-13H,1-9H2,(H,18,19)/t11-,12+,13?/m0/s1. The van der Waals surface area contributed by atoms with Crippen LogP contribution < -0.4 is 0 Å². The lowest BCUT2D eigenvalue weighted by Crippen LogP contribution is -2.44. The van der Waals surface area contributed by atoms with Crippen molar-refractivity contribution in [3.63, 3.8) is 0 Å². The van der Waals surface area contributed by atoms with E-state index in [2.05, 4.69) is 4.90 Å². The molecule has 0 aromatic carbocycles. The van der Waals surface area contributed by atoms with Crippen molar-refractivity contribution in [1.29, 1.82) is 0 Å². The minimum absolute atomic E-state index is 0.0261. The van der Waals surface area contributed by atoms with E-state index in [-0.39, 0.29) is 17.7 Å². The van der Waals surface area contributed by atoms with Gasteiger partial charge in [-0.1, -0.05) is 6.42 Å². The van der Waals surface area contributed by atoms with E-state index in [9.17, 15) is 9.59 Å². The molecular formula is C15H23NO3. The van der Waals surface area contributed by atoms with Crippen molar-refractivity contribution in [3.8, 4) is 0 Å². The molecule has 1 unspecified atom stereocenters. The summed E-state index contributed by atoms with van der Waals surface area (Å²) in [5, 5.41) is 9.04. The van der Waals surface area contributed by atoms with Gasteiger partial charge in [0, 0.05) is 18.5 Å². The predicted molar refractivity (Wildman–Crippen MR) is 70.5 cm³/mol. The van der Waals surface area contributed by atoms with E-state index >= 15 is 0 Å².